The monoisotopic (exact) mass is 303 g/mol. The Morgan fingerprint density at radius 2 is 2.06 bits per heavy atom. The number of alkyl halides is 1. The summed E-state index contributed by atoms with van der Waals surface area (Å²) in [6.07, 6.45) is 6.84. The van der Waals surface area contributed by atoms with Crippen molar-refractivity contribution in [3.63, 3.8) is 0 Å². The quantitative estimate of drug-likeness (QED) is 0.655. The molecule has 0 aromatic carbocycles. The maximum absolute atomic E-state index is 12.3. The zero-order valence-corrected chi connectivity index (χ0v) is 13.0. The van der Waals surface area contributed by atoms with Crippen molar-refractivity contribution in [1.29, 1.82) is 0 Å². The lowest BCUT2D eigenvalue weighted by Crippen LogP contribution is -2.40. The molecule has 17 heavy (non-hydrogen) atoms. The number of rotatable bonds is 7. The van der Waals surface area contributed by atoms with Crippen LogP contribution in [0.25, 0.3) is 0 Å². The van der Waals surface area contributed by atoms with Gasteiger partial charge in [0.15, 0.2) is 0 Å². The van der Waals surface area contributed by atoms with Crippen LogP contribution >= 0.6 is 15.9 Å². The van der Waals surface area contributed by atoms with Gasteiger partial charge in [-0.15, -0.1) is 0 Å². The number of nitrogens with zero attached hydrogens (tertiary/aromatic N) is 1. The first kappa shape index (κ1) is 15.0. The first-order valence-corrected chi connectivity index (χ1v) is 7.89. The Hall–Kier alpha value is -0.0500. The van der Waals surface area contributed by atoms with Gasteiger partial charge in [-0.05, 0) is 31.6 Å². The van der Waals surface area contributed by atoms with Crippen LogP contribution in [-0.2, 0) is 4.79 Å². The number of carbonyl (C=O) groups excluding carboxylic acids is 1. The van der Waals surface area contributed by atoms with Crippen LogP contribution in [0.4, 0.5) is 0 Å². The fraction of sp³-hybridized carbons (Fsp3) is 0.929. The lowest BCUT2D eigenvalue weighted by molar-refractivity contribution is -0.135. The van der Waals surface area contributed by atoms with Crippen LogP contribution in [0.1, 0.15) is 52.4 Å². The summed E-state index contributed by atoms with van der Waals surface area (Å²) >= 11 is 3.60. The molecule has 0 aliphatic heterocycles. The number of hydrogen-bond acceptors (Lipinski definition) is 1. The van der Waals surface area contributed by atoms with Gasteiger partial charge in [0.2, 0.25) is 5.91 Å². The summed E-state index contributed by atoms with van der Waals surface area (Å²) in [7, 11) is 1.97. The molecule has 0 radical (unpaired) electrons. The lowest BCUT2D eigenvalue weighted by atomic mass is 9.84. The number of hydrogen-bond donors (Lipinski definition) is 0. The maximum atomic E-state index is 12.3. The van der Waals surface area contributed by atoms with Crippen molar-refractivity contribution in [3.05, 3.63) is 0 Å². The van der Waals surface area contributed by atoms with Gasteiger partial charge in [0.05, 0.1) is 0 Å². The van der Waals surface area contributed by atoms with Crippen molar-refractivity contribution in [3.8, 4) is 0 Å². The minimum atomic E-state index is 0.250. The van der Waals surface area contributed by atoms with Crippen molar-refractivity contribution >= 4 is 21.8 Å². The molecular weight excluding hydrogens is 278 g/mol. The van der Waals surface area contributed by atoms with Crippen LogP contribution in [-0.4, -0.2) is 29.2 Å². The molecule has 1 aliphatic carbocycles. The van der Waals surface area contributed by atoms with Crippen molar-refractivity contribution in [2.75, 3.05) is 13.6 Å². The molecule has 0 bridgehead atoms. The first-order chi connectivity index (χ1) is 8.08. The molecule has 0 heterocycles. The van der Waals surface area contributed by atoms with Gasteiger partial charge in [-0.25, -0.2) is 0 Å². The molecule has 1 saturated carbocycles. The average Bonchev–Trinajstić information content (AvgIpc) is 2.27. The fourth-order valence-corrected chi connectivity index (χ4v) is 3.60. The lowest BCUT2D eigenvalue weighted by Gasteiger charge is -2.35. The summed E-state index contributed by atoms with van der Waals surface area (Å²) in [4.78, 5) is 14.9. The van der Waals surface area contributed by atoms with E-state index in [0.29, 0.717) is 10.7 Å². The molecule has 0 aromatic rings. The molecule has 2 nitrogen and oxygen atoms in total. The highest BCUT2D eigenvalue weighted by molar-refractivity contribution is 9.09. The summed E-state index contributed by atoms with van der Waals surface area (Å²) < 4.78 is 0. The molecule has 0 aromatic heterocycles. The largest absolute Gasteiger partial charge is 0.345 e. The van der Waals surface area contributed by atoms with Crippen LogP contribution in [0.15, 0.2) is 0 Å². The van der Waals surface area contributed by atoms with E-state index < -0.39 is 0 Å². The second-order valence-electron chi connectivity index (χ2n) is 5.40. The third-order valence-electron chi connectivity index (χ3n) is 3.83. The van der Waals surface area contributed by atoms with E-state index in [4.69, 9.17) is 0 Å². The van der Waals surface area contributed by atoms with E-state index in [2.05, 4.69) is 29.8 Å². The van der Waals surface area contributed by atoms with Crippen LogP contribution in [0, 0.1) is 11.8 Å². The average molecular weight is 304 g/mol. The van der Waals surface area contributed by atoms with E-state index in [1.165, 1.54) is 25.7 Å². The second kappa shape index (κ2) is 7.40. The predicted molar refractivity (Wildman–Crippen MR) is 76.4 cm³/mol. The Bertz CT molecular complexity index is 238. The summed E-state index contributed by atoms with van der Waals surface area (Å²) in [5.74, 6) is 1.33. The van der Waals surface area contributed by atoms with Crippen molar-refractivity contribution in [2.45, 2.75) is 57.2 Å². The molecule has 1 unspecified atom stereocenters. The van der Waals surface area contributed by atoms with E-state index in [0.717, 1.165) is 25.3 Å². The Labute approximate surface area is 114 Å². The Kier molecular flexibility index (Phi) is 6.53. The number of unbranched alkanes of at least 4 members (excludes halogenated alkanes) is 1. The zero-order chi connectivity index (χ0) is 12.8. The number of amides is 1. The maximum Gasteiger partial charge on any atom is 0.225 e. The highest BCUT2D eigenvalue weighted by atomic mass is 79.9. The molecule has 3 heteroatoms. The zero-order valence-electron chi connectivity index (χ0n) is 11.4. The van der Waals surface area contributed by atoms with Gasteiger partial charge in [0, 0.05) is 24.3 Å². The van der Waals surface area contributed by atoms with Crippen LogP contribution in [0.2, 0.25) is 0 Å². The number of halogens is 1. The van der Waals surface area contributed by atoms with Crippen molar-refractivity contribution in [2.24, 2.45) is 11.8 Å². The molecule has 1 atom stereocenters. The molecule has 0 saturated heterocycles. The summed E-state index contributed by atoms with van der Waals surface area (Å²) in [6, 6.07) is 0. The highest BCUT2D eigenvalue weighted by Gasteiger charge is 2.30. The van der Waals surface area contributed by atoms with Gasteiger partial charge in [-0.2, -0.15) is 0 Å². The molecule has 1 aliphatic rings. The van der Waals surface area contributed by atoms with E-state index in [9.17, 15) is 4.79 Å². The van der Waals surface area contributed by atoms with Crippen LogP contribution < -0.4 is 0 Å². The van der Waals surface area contributed by atoms with Gasteiger partial charge in [-0.1, -0.05) is 42.6 Å². The highest BCUT2D eigenvalue weighted by Crippen LogP contribution is 2.33. The van der Waals surface area contributed by atoms with Crippen molar-refractivity contribution in [1.82, 2.24) is 4.90 Å². The smallest absolute Gasteiger partial charge is 0.225 e. The third kappa shape index (κ3) is 4.61. The summed E-state index contributed by atoms with van der Waals surface area (Å²) in [5, 5.41) is 0. The van der Waals surface area contributed by atoms with Gasteiger partial charge < -0.3 is 4.90 Å². The topological polar surface area (TPSA) is 20.3 Å². The fourth-order valence-electron chi connectivity index (χ4n) is 2.55. The van der Waals surface area contributed by atoms with E-state index in [1.54, 1.807) is 0 Å². The SMILES string of the molecule is CCCCC(CC)C(=O)N(C)CC1CC(Br)C1. The van der Waals surface area contributed by atoms with E-state index >= 15 is 0 Å². The Balaban J connectivity index is 2.32. The standard InChI is InChI=1S/C14H26BrNO/c1-4-6-7-12(5-2)14(17)16(3)10-11-8-13(15)9-11/h11-13H,4-10H2,1-3H3. The Morgan fingerprint density at radius 3 is 2.53 bits per heavy atom. The van der Waals surface area contributed by atoms with E-state index in [1.807, 2.05) is 11.9 Å². The summed E-state index contributed by atoms with van der Waals surface area (Å²) in [6.45, 7) is 5.26. The van der Waals surface area contributed by atoms with E-state index in [-0.39, 0.29) is 5.92 Å². The molecule has 0 spiro atoms. The Morgan fingerprint density at radius 1 is 1.41 bits per heavy atom. The molecule has 1 amide bonds. The van der Waals surface area contributed by atoms with Crippen molar-refractivity contribution < 1.29 is 4.79 Å². The third-order valence-corrected chi connectivity index (χ3v) is 4.58. The van der Waals surface area contributed by atoms with Gasteiger partial charge in [0.25, 0.3) is 0 Å². The van der Waals surface area contributed by atoms with Gasteiger partial charge in [0.1, 0.15) is 0 Å². The minimum absolute atomic E-state index is 0.250. The minimum Gasteiger partial charge on any atom is -0.345 e. The summed E-state index contributed by atoms with van der Waals surface area (Å²) in [5.41, 5.74) is 0. The molecule has 1 fully saturated rings. The van der Waals surface area contributed by atoms with Gasteiger partial charge >= 0.3 is 0 Å². The molecule has 0 N–H and O–H groups in total. The first-order valence-electron chi connectivity index (χ1n) is 6.97. The number of carbonyl (C=O) groups is 1. The molecule has 100 valence electrons. The van der Waals surface area contributed by atoms with Crippen LogP contribution in [0.5, 0.6) is 0 Å². The second-order valence-corrected chi connectivity index (χ2v) is 6.70. The molecule has 1 rings (SSSR count). The predicted octanol–water partition coefficient (Wildman–Crippen LogP) is 3.83. The normalized spacial score (nSPS) is 25.2. The van der Waals surface area contributed by atoms with Gasteiger partial charge in [-0.3, -0.25) is 4.79 Å². The molecular formula is C14H26BrNO. The van der Waals surface area contributed by atoms with Crippen LogP contribution in [0.3, 0.4) is 0 Å².